The van der Waals surface area contributed by atoms with Gasteiger partial charge in [-0.25, -0.2) is 0 Å². The predicted molar refractivity (Wildman–Crippen MR) is 63.9 cm³/mol. The van der Waals surface area contributed by atoms with Crippen molar-refractivity contribution >= 4 is 16.9 Å². The largest absolute Gasteiger partial charge is 0.491 e. The third-order valence-electron chi connectivity index (χ3n) is 2.37. The zero-order valence-corrected chi connectivity index (χ0v) is 9.55. The van der Waals surface area contributed by atoms with E-state index in [1.807, 2.05) is 30.3 Å². The number of benzene rings is 1. The lowest BCUT2D eigenvalue weighted by molar-refractivity contribution is -0.141. The van der Waals surface area contributed by atoms with E-state index in [1.54, 1.807) is 6.20 Å². The van der Waals surface area contributed by atoms with Crippen LogP contribution in [0.5, 0.6) is 5.75 Å². The van der Waals surface area contributed by atoms with Gasteiger partial charge in [-0.3, -0.25) is 9.78 Å². The van der Waals surface area contributed by atoms with Gasteiger partial charge in [0.05, 0.1) is 31.9 Å². The second-order valence-corrected chi connectivity index (χ2v) is 3.54. The molecule has 0 fully saturated rings. The molecule has 2 rings (SSSR count). The average Bonchev–Trinajstić information content (AvgIpc) is 2.38. The number of carbonyl (C=O) groups excluding carboxylic acids is 1. The third-order valence-corrected chi connectivity index (χ3v) is 2.37. The molecule has 0 aliphatic rings. The Morgan fingerprint density at radius 1 is 1.35 bits per heavy atom. The second kappa shape index (κ2) is 5.30. The first-order chi connectivity index (χ1) is 8.29. The number of rotatable bonds is 4. The monoisotopic (exact) mass is 231 g/mol. The van der Waals surface area contributed by atoms with Crippen LogP contribution >= 0.6 is 0 Å². The fourth-order valence-corrected chi connectivity index (χ4v) is 1.48. The van der Waals surface area contributed by atoms with Gasteiger partial charge in [0.15, 0.2) is 0 Å². The first kappa shape index (κ1) is 11.4. The first-order valence-corrected chi connectivity index (χ1v) is 5.34. The van der Waals surface area contributed by atoms with Crippen LogP contribution in [-0.4, -0.2) is 24.7 Å². The first-order valence-electron chi connectivity index (χ1n) is 5.34. The normalized spacial score (nSPS) is 10.2. The van der Waals surface area contributed by atoms with Crippen LogP contribution in [0.4, 0.5) is 0 Å². The molecule has 0 bridgehead atoms. The van der Waals surface area contributed by atoms with Crippen LogP contribution in [0.3, 0.4) is 0 Å². The van der Waals surface area contributed by atoms with Crippen LogP contribution in [0.1, 0.15) is 6.42 Å². The topological polar surface area (TPSA) is 48.4 Å². The Morgan fingerprint density at radius 3 is 3.00 bits per heavy atom. The molecule has 2 aromatic rings. The van der Waals surface area contributed by atoms with E-state index in [9.17, 15) is 4.79 Å². The van der Waals surface area contributed by atoms with Crippen molar-refractivity contribution in [3.05, 3.63) is 36.5 Å². The third kappa shape index (κ3) is 2.93. The quantitative estimate of drug-likeness (QED) is 0.757. The molecule has 1 aromatic carbocycles. The molecule has 1 heterocycles. The van der Waals surface area contributed by atoms with Gasteiger partial charge >= 0.3 is 5.97 Å². The maximum atomic E-state index is 10.9. The lowest BCUT2D eigenvalue weighted by atomic mass is 10.2. The molecule has 0 unspecified atom stereocenters. The Morgan fingerprint density at radius 2 is 2.18 bits per heavy atom. The Balaban J connectivity index is 2.02. The van der Waals surface area contributed by atoms with Gasteiger partial charge in [-0.15, -0.1) is 0 Å². The number of carbonyl (C=O) groups is 1. The molecule has 0 N–H and O–H groups in total. The van der Waals surface area contributed by atoms with Gasteiger partial charge in [0, 0.05) is 5.39 Å². The Kier molecular flexibility index (Phi) is 3.55. The molecule has 17 heavy (non-hydrogen) atoms. The number of methoxy groups -OCH3 is 1. The van der Waals surface area contributed by atoms with Gasteiger partial charge in [-0.1, -0.05) is 18.2 Å². The summed E-state index contributed by atoms with van der Waals surface area (Å²) in [6, 6.07) is 9.69. The standard InChI is InChI=1S/C13H13NO3/c1-16-13(15)6-7-17-11-8-10-4-2-3-5-12(10)14-9-11/h2-5,8-9H,6-7H2,1H3. The summed E-state index contributed by atoms with van der Waals surface area (Å²) in [5, 5.41) is 1.02. The number of esters is 1. The molecule has 0 saturated carbocycles. The van der Waals surface area contributed by atoms with E-state index < -0.39 is 0 Å². The van der Waals surface area contributed by atoms with Gasteiger partial charge in [-0.05, 0) is 12.1 Å². The highest BCUT2D eigenvalue weighted by atomic mass is 16.5. The van der Waals surface area contributed by atoms with E-state index in [0.29, 0.717) is 12.4 Å². The number of hydrogen-bond acceptors (Lipinski definition) is 4. The molecule has 0 spiro atoms. The number of aromatic nitrogens is 1. The zero-order chi connectivity index (χ0) is 12.1. The zero-order valence-electron chi connectivity index (χ0n) is 9.55. The van der Waals surface area contributed by atoms with Crippen molar-refractivity contribution in [2.75, 3.05) is 13.7 Å². The fourth-order valence-electron chi connectivity index (χ4n) is 1.48. The Labute approximate surface area is 99.2 Å². The van der Waals surface area contributed by atoms with Crippen molar-refractivity contribution < 1.29 is 14.3 Å². The molecule has 0 aliphatic carbocycles. The van der Waals surface area contributed by atoms with Crippen molar-refractivity contribution in [2.24, 2.45) is 0 Å². The average molecular weight is 231 g/mol. The van der Waals surface area contributed by atoms with Crippen LogP contribution in [0, 0.1) is 0 Å². The van der Waals surface area contributed by atoms with Crippen LogP contribution in [0.2, 0.25) is 0 Å². The van der Waals surface area contributed by atoms with Gasteiger partial charge in [0.2, 0.25) is 0 Å². The number of fused-ring (bicyclic) bond motifs is 1. The van der Waals surface area contributed by atoms with Crippen LogP contribution in [0.25, 0.3) is 10.9 Å². The molecule has 0 aliphatic heterocycles. The van der Waals surface area contributed by atoms with Crippen molar-refractivity contribution in [3.8, 4) is 5.75 Å². The van der Waals surface area contributed by atoms with Crippen molar-refractivity contribution in [2.45, 2.75) is 6.42 Å². The Hall–Kier alpha value is -2.10. The van der Waals surface area contributed by atoms with Crippen LogP contribution < -0.4 is 4.74 Å². The van der Waals surface area contributed by atoms with Crippen molar-refractivity contribution in [1.29, 1.82) is 0 Å². The minimum absolute atomic E-state index is 0.239. The maximum Gasteiger partial charge on any atom is 0.308 e. The van der Waals surface area contributed by atoms with Gasteiger partial charge in [0.1, 0.15) is 5.75 Å². The molecule has 0 saturated heterocycles. The maximum absolute atomic E-state index is 10.9. The highest BCUT2D eigenvalue weighted by Gasteiger charge is 2.02. The SMILES string of the molecule is COC(=O)CCOc1cnc2ccccc2c1. The number of para-hydroxylation sites is 1. The number of hydrogen-bond donors (Lipinski definition) is 0. The summed E-state index contributed by atoms with van der Waals surface area (Å²) in [6.07, 6.45) is 1.89. The van der Waals surface area contributed by atoms with E-state index in [2.05, 4.69) is 9.72 Å². The van der Waals surface area contributed by atoms with Gasteiger partial charge < -0.3 is 9.47 Å². The van der Waals surface area contributed by atoms with E-state index in [0.717, 1.165) is 10.9 Å². The molecule has 88 valence electrons. The summed E-state index contributed by atoms with van der Waals surface area (Å²) >= 11 is 0. The molecular formula is C13H13NO3. The molecule has 4 heteroatoms. The van der Waals surface area contributed by atoms with Gasteiger partial charge in [-0.2, -0.15) is 0 Å². The van der Waals surface area contributed by atoms with Crippen LogP contribution in [-0.2, 0) is 9.53 Å². The lowest BCUT2D eigenvalue weighted by Crippen LogP contribution is -2.07. The highest BCUT2D eigenvalue weighted by molar-refractivity contribution is 5.79. The highest BCUT2D eigenvalue weighted by Crippen LogP contribution is 2.17. The van der Waals surface area contributed by atoms with Crippen molar-refractivity contribution in [1.82, 2.24) is 4.98 Å². The summed E-state index contributed by atoms with van der Waals surface area (Å²) < 4.78 is 9.95. The Bertz CT molecular complexity index is 525. The molecule has 4 nitrogen and oxygen atoms in total. The van der Waals surface area contributed by atoms with Gasteiger partial charge in [0.25, 0.3) is 0 Å². The van der Waals surface area contributed by atoms with E-state index in [4.69, 9.17) is 4.74 Å². The van der Waals surface area contributed by atoms with Crippen molar-refractivity contribution in [3.63, 3.8) is 0 Å². The summed E-state index contributed by atoms with van der Waals surface area (Å²) in [4.78, 5) is 15.2. The summed E-state index contributed by atoms with van der Waals surface area (Å²) in [7, 11) is 1.36. The fraction of sp³-hybridized carbons (Fsp3) is 0.231. The summed E-state index contributed by atoms with van der Waals surface area (Å²) in [5.41, 5.74) is 0.924. The minimum Gasteiger partial charge on any atom is -0.491 e. The molecular weight excluding hydrogens is 218 g/mol. The molecule has 0 atom stereocenters. The van der Waals surface area contributed by atoms with E-state index in [-0.39, 0.29) is 12.4 Å². The number of nitrogens with zero attached hydrogens (tertiary/aromatic N) is 1. The molecule has 1 aromatic heterocycles. The van der Waals surface area contributed by atoms with E-state index in [1.165, 1.54) is 7.11 Å². The van der Waals surface area contributed by atoms with E-state index >= 15 is 0 Å². The smallest absolute Gasteiger partial charge is 0.308 e. The molecule has 0 amide bonds. The second-order valence-electron chi connectivity index (χ2n) is 3.54. The van der Waals surface area contributed by atoms with Crippen LogP contribution in [0.15, 0.2) is 36.5 Å². The summed E-state index contributed by atoms with van der Waals surface area (Å²) in [6.45, 7) is 0.298. The predicted octanol–water partition coefficient (Wildman–Crippen LogP) is 2.18. The molecule has 0 radical (unpaired) electrons. The number of pyridine rings is 1. The lowest BCUT2D eigenvalue weighted by Gasteiger charge is -2.05. The minimum atomic E-state index is -0.279. The number of ether oxygens (including phenoxy) is 2. The summed E-state index contributed by atoms with van der Waals surface area (Å²) in [5.74, 6) is 0.381.